The van der Waals surface area contributed by atoms with E-state index in [2.05, 4.69) is 5.10 Å². The first-order valence-corrected chi connectivity index (χ1v) is 4.64. The first kappa shape index (κ1) is 10.6. The fraction of sp³-hybridized carbons (Fsp3) is 0.556. The van der Waals surface area contributed by atoms with Gasteiger partial charge in [0.1, 0.15) is 0 Å². The van der Waals surface area contributed by atoms with Crippen molar-refractivity contribution in [2.24, 2.45) is 0 Å². The van der Waals surface area contributed by atoms with Crippen LogP contribution in [-0.4, -0.2) is 20.9 Å². The highest BCUT2D eigenvalue weighted by Gasteiger charge is 2.03. The van der Waals surface area contributed by atoms with Crippen LogP contribution >= 0.6 is 0 Å². The van der Waals surface area contributed by atoms with Gasteiger partial charge in [-0.15, -0.1) is 0 Å². The highest BCUT2D eigenvalue weighted by atomic mass is 16.4. The van der Waals surface area contributed by atoms with Gasteiger partial charge in [-0.25, -0.2) is 0 Å². The summed E-state index contributed by atoms with van der Waals surface area (Å²) in [6.45, 7) is 2.23. The topological polar surface area (TPSA) is 75.1 Å². The molecule has 0 aliphatic carbocycles. The Morgan fingerprint density at radius 2 is 2.36 bits per heavy atom. The van der Waals surface area contributed by atoms with Gasteiger partial charge in [0.25, 0.3) is 5.56 Å². The van der Waals surface area contributed by atoms with Gasteiger partial charge in [0.2, 0.25) is 0 Å². The van der Waals surface area contributed by atoms with Crippen LogP contribution in [0.1, 0.15) is 25.5 Å². The number of hydrogen-bond acceptors (Lipinski definition) is 2. The van der Waals surface area contributed by atoms with Crippen LogP contribution in [0.3, 0.4) is 0 Å². The molecule has 1 rings (SSSR count). The second-order valence-corrected chi connectivity index (χ2v) is 3.16. The predicted molar refractivity (Wildman–Crippen MR) is 51.3 cm³/mol. The molecule has 1 aromatic heterocycles. The van der Waals surface area contributed by atoms with Crippen molar-refractivity contribution in [3.8, 4) is 0 Å². The van der Waals surface area contributed by atoms with E-state index < -0.39 is 5.97 Å². The molecular weight excluding hydrogens is 184 g/mol. The van der Waals surface area contributed by atoms with E-state index in [1.807, 2.05) is 6.92 Å². The molecular formula is C9H14N2O3. The first-order chi connectivity index (χ1) is 6.63. The molecule has 0 spiro atoms. The zero-order valence-corrected chi connectivity index (χ0v) is 8.12. The van der Waals surface area contributed by atoms with Gasteiger partial charge in [-0.05, 0) is 6.42 Å². The summed E-state index contributed by atoms with van der Waals surface area (Å²) in [5.74, 6) is -0.899. The molecule has 1 aromatic rings. The van der Waals surface area contributed by atoms with Crippen LogP contribution in [0.4, 0.5) is 0 Å². The number of H-pyrrole nitrogens is 1. The Hall–Kier alpha value is -1.52. The first-order valence-electron chi connectivity index (χ1n) is 4.64. The fourth-order valence-electron chi connectivity index (χ4n) is 1.26. The van der Waals surface area contributed by atoms with Crippen molar-refractivity contribution in [1.82, 2.24) is 9.78 Å². The van der Waals surface area contributed by atoms with Gasteiger partial charge in [-0.3, -0.25) is 19.4 Å². The van der Waals surface area contributed by atoms with Gasteiger partial charge in [0, 0.05) is 11.8 Å². The summed E-state index contributed by atoms with van der Waals surface area (Å²) < 4.78 is 1.33. The van der Waals surface area contributed by atoms with Crippen LogP contribution in [-0.2, 0) is 17.8 Å². The third-order valence-corrected chi connectivity index (χ3v) is 1.91. The molecule has 0 aromatic carbocycles. The lowest BCUT2D eigenvalue weighted by Crippen LogP contribution is -2.17. The molecule has 0 radical (unpaired) electrons. The highest BCUT2D eigenvalue weighted by molar-refractivity contribution is 5.66. The second-order valence-electron chi connectivity index (χ2n) is 3.16. The lowest BCUT2D eigenvalue weighted by atomic mass is 10.3. The lowest BCUT2D eigenvalue weighted by molar-refractivity contribution is -0.137. The molecule has 78 valence electrons. The monoisotopic (exact) mass is 198 g/mol. The van der Waals surface area contributed by atoms with Crippen LogP contribution in [0, 0.1) is 0 Å². The van der Waals surface area contributed by atoms with Crippen LogP contribution in [0.15, 0.2) is 10.9 Å². The third kappa shape index (κ3) is 2.76. The van der Waals surface area contributed by atoms with Gasteiger partial charge in [0.15, 0.2) is 0 Å². The van der Waals surface area contributed by atoms with E-state index in [1.54, 1.807) is 0 Å². The van der Waals surface area contributed by atoms with E-state index in [0.717, 1.165) is 18.5 Å². The largest absolute Gasteiger partial charge is 0.481 e. The summed E-state index contributed by atoms with van der Waals surface area (Å²) in [6.07, 6.45) is 1.74. The number of aryl methyl sites for hydroxylation is 2. The zero-order chi connectivity index (χ0) is 10.6. The van der Waals surface area contributed by atoms with Gasteiger partial charge >= 0.3 is 5.97 Å². The minimum atomic E-state index is -0.899. The Kier molecular flexibility index (Phi) is 3.50. The van der Waals surface area contributed by atoms with Crippen molar-refractivity contribution in [2.75, 3.05) is 0 Å². The number of aromatic nitrogens is 2. The molecule has 2 N–H and O–H groups in total. The highest BCUT2D eigenvalue weighted by Crippen LogP contribution is 1.96. The van der Waals surface area contributed by atoms with E-state index in [1.165, 1.54) is 10.7 Å². The van der Waals surface area contributed by atoms with Gasteiger partial charge in [-0.1, -0.05) is 13.3 Å². The number of aromatic amines is 1. The van der Waals surface area contributed by atoms with Crippen molar-refractivity contribution in [3.63, 3.8) is 0 Å². The smallest absolute Gasteiger partial charge is 0.305 e. The van der Waals surface area contributed by atoms with Gasteiger partial charge < -0.3 is 5.11 Å². The number of hydrogen-bond donors (Lipinski definition) is 2. The van der Waals surface area contributed by atoms with Crippen molar-refractivity contribution in [1.29, 1.82) is 0 Å². The molecule has 0 bridgehead atoms. The number of nitrogens with zero attached hydrogens (tertiary/aromatic N) is 1. The third-order valence-electron chi connectivity index (χ3n) is 1.91. The summed E-state index contributed by atoms with van der Waals surface area (Å²) in [6, 6.07) is 1.52. The molecule has 0 aliphatic heterocycles. The predicted octanol–water partition coefficient (Wildman–Crippen LogP) is 0.604. The Morgan fingerprint density at radius 3 is 2.93 bits per heavy atom. The normalized spacial score (nSPS) is 10.4. The van der Waals surface area contributed by atoms with Gasteiger partial charge in [-0.2, -0.15) is 0 Å². The Bertz CT molecular complexity index is 364. The molecule has 0 fully saturated rings. The molecule has 0 unspecified atom stereocenters. The Balaban J connectivity index is 2.67. The lowest BCUT2D eigenvalue weighted by Gasteiger charge is -1.98. The summed E-state index contributed by atoms with van der Waals surface area (Å²) >= 11 is 0. The number of carbonyl (C=O) groups is 1. The van der Waals surface area contributed by atoms with Crippen molar-refractivity contribution < 1.29 is 9.90 Å². The van der Waals surface area contributed by atoms with Crippen molar-refractivity contribution >= 4 is 5.97 Å². The maximum Gasteiger partial charge on any atom is 0.305 e. The number of aliphatic carboxylic acids is 1. The maximum absolute atomic E-state index is 11.3. The average molecular weight is 198 g/mol. The maximum atomic E-state index is 11.3. The molecule has 0 atom stereocenters. The molecule has 5 nitrogen and oxygen atoms in total. The zero-order valence-electron chi connectivity index (χ0n) is 8.12. The van der Waals surface area contributed by atoms with E-state index >= 15 is 0 Å². The van der Waals surface area contributed by atoms with Gasteiger partial charge in [0.05, 0.1) is 13.0 Å². The van der Waals surface area contributed by atoms with Crippen LogP contribution in [0.5, 0.6) is 0 Å². The number of carboxylic acids is 1. The quantitative estimate of drug-likeness (QED) is 0.727. The molecule has 0 aliphatic rings. The minimum Gasteiger partial charge on any atom is -0.481 e. The Labute approximate surface area is 81.3 Å². The second kappa shape index (κ2) is 4.64. The Morgan fingerprint density at radius 1 is 1.64 bits per heavy atom. The van der Waals surface area contributed by atoms with Crippen molar-refractivity contribution in [3.05, 3.63) is 22.1 Å². The summed E-state index contributed by atoms with van der Waals surface area (Å²) in [5.41, 5.74) is 0.706. The molecule has 0 saturated heterocycles. The SMILES string of the molecule is CCCc1cc(=O)n(CCC(=O)O)[nH]1. The average Bonchev–Trinajstić information content (AvgIpc) is 2.44. The number of rotatable bonds is 5. The molecule has 14 heavy (non-hydrogen) atoms. The van der Waals surface area contributed by atoms with Crippen molar-refractivity contribution in [2.45, 2.75) is 32.7 Å². The van der Waals surface area contributed by atoms with E-state index in [0.29, 0.717) is 0 Å². The summed E-state index contributed by atoms with van der Waals surface area (Å²) in [7, 11) is 0. The van der Waals surface area contributed by atoms with E-state index in [4.69, 9.17) is 5.11 Å². The fourth-order valence-corrected chi connectivity index (χ4v) is 1.26. The molecule has 1 heterocycles. The summed E-state index contributed by atoms with van der Waals surface area (Å²) in [5, 5.41) is 11.3. The van der Waals surface area contributed by atoms with E-state index in [9.17, 15) is 9.59 Å². The molecule has 0 amide bonds. The van der Waals surface area contributed by atoms with E-state index in [-0.39, 0.29) is 18.5 Å². The van der Waals surface area contributed by atoms with Crippen LogP contribution < -0.4 is 5.56 Å². The standard InChI is InChI=1S/C9H14N2O3/c1-2-3-7-6-8(12)11(10-7)5-4-9(13)14/h6,10H,2-5H2,1H3,(H,13,14). The molecule has 0 saturated carbocycles. The minimum absolute atomic E-state index is 0.0357. The number of nitrogens with one attached hydrogen (secondary N) is 1. The number of carboxylic acid groups (broad SMARTS) is 1. The molecule has 5 heteroatoms. The van der Waals surface area contributed by atoms with Crippen LogP contribution in [0.25, 0.3) is 0 Å². The van der Waals surface area contributed by atoms with Crippen LogP contribution in [0.2, 0.25) is 0 Å². The summed E-state index contributed by atoms with van der Waals surface area (Å²) in [4.78, 5) is 21.6.